The molecule has 0 bridgehead atoms. The Balaban J connectivity index is 1.95. The van der Waals surface area contributed by atoms with Gasteiger partial charge in [-0.15, -0.1) is 10.2 Å². The molecular weight excluding hydrogens is 366 g/mol. The molecule has 1 N–H and O–H groups in total. The van der Waals surface area contributed by atoms with Crippen LogP contribution in [-0.4, -0.2) is 31.4 Å². The molecule has 0 aliphatic rings. The summed E-state index contributed by atoms with van der Waals surface area (Å²) in [7, 11) is 0. The fraction of sp³-hybridized carbons (Fsp3) is 0.429. The highest BCUT2D eigenvalue weighted by molar-refractivity contribution is 9.10. The van der Waals surface area contributed by atoms with Crippen molar-refractivity contribution in [2.75, 3.05) is 11.1 Å². The molecule has 1 amide bonds. The van der Waals surface area contributed by atoms with Gasteiger partial charge in [0.25, 0.3) is 0 Å². The first-order chi connectivity index (χ1) is 10.5. The van der Waals surface area contributed by atoms with Crippen LogP contribution >= 0.6 is 27.7 Å². The standard InChI is InChI=1S/C14H18BrN5OS/c1-4-20-13(9(2)3)18-19-14(20)22-8-12(21)17-11-6-5-10(15)7-16-11/h5-7,9H,4,8H2,1-3H3,(H,16,17,21). The van der Waals surface area contributed by atoms with Crippen LogP contribution in [0, 0.1) is 0 Å². The minimum atomic E-state index is -0.114. The number of nitrogens with zero attached hydrogens (tertiary/aromatic N) is 4. The Morgan fingerprint density at radius 2 is 2.18 bits per heavy atom. The van der Waals surface area contributed by atoms with Crippen LogP contribution in [0.4, 0.5) is 5.82 Å². The van der Waals surface area contributed by atoms with Crippen LogP contribution in [0.15, 0.2) is 28.0 Å². The second-order valence-corrected chi connectivity index (χ2v) is 6.80. The van der Waals surface area contributed by atoms with Gasteiger partial charge in [-0.25, -0.2) is 4.98 Å². The number of rotatable bonds is 6. The molecule has 0 aliphatic carbocycles. The molecule has 0 saturated heterocycles. The van der Waals surface area contributed by atoms with Gasteiger partial charge in [0, 0.05) is 23.1 Å². The number of halogens is 1. The smallest absolute Gasteiger partial charge is 0.236 e. The molecule has 0 atom stereocenters. The molecule has 2 aromatic rings. The highest BCUT2D eigenvalue weighted by atomic mass is 79.9. The average Bonchev–Trinajstić information content (AvgIpc) is 2.90. The summed E-state index contributed by atoms with van der Waals surface area (Å²) in [5.41, 5.74) is 0. The zero-order valence-electron chi connectivity index (χ0n) is 12.7. The Morgan fingerprint density at radius 1 is 1.41 bits per heavy atom. The molecule has 22 heavy (non-hydrogen) atoms. The van der Waals surface area contributed by atoms with Gasteiger partial charge < -0.3 is 9.88 Å². The quantitative estimate of drug-likeness (QED) is 0.774. The van der Waals surface area contributed by atoms with Crippen LogP contribution in [0.3, 0.4) is 0 Å². The lowest BCUT2D eigenvalue weighted by molar-refractivity contribution is -0.113. The molecule has 8 heteroatoms. The van der Waals surface area contributed by atoms with Crippen molar-refractivity contribution < 1.29 is 4.79 Å². The van der Waals surface area contributed by atoms with Gasteiger partial charge in [-0.05, 0) is 35.0 Å². The molecule has 2 aromatic heterocycles. The highest BCUT2D eigenvalue weighted by Gasteiger charge is 2.15. The van der Waals surface area contributed by atoms with Crippen molar-refractivity contribution >= 4 is 39.4 Å². The van der Waals surface area contributed by atoms with Crippen molar-refractivity contribution in [1.82, 2.24) is 19.7 Å². The van der Waals surface area contributed by atoms with Gasteiger partial charge in [0.05, 0.1) is 5.75 Å². The van der Waals surface area contributed by atoms with E-state index >= 15 is 0 Å². The maximum Gasteiger partial charge on any atom is 0.236 e. The first-order valence-corrected chi connectivity index (χ1v) is 8.76. The maximum atomic E-state index is 12.0. The summed E-state index contributed by atoms with van der Waals surface area (Å²) in [6, 6.07) is 3.58. The molecule has 118 valence electrons. The van der Waals surface area contributed by atoms with E-state index < -0.39 is 0 Å². The summed E-state index contributed by atoms with van der Waals surface area (Å²) in [6.07, 6.45) is 1.64. The van der Waals surface area contributed by atoms with E-state index in [4.69, 9.17) is 0 Å². The van der Waals surface area contributed by atoms with Crippen LogP contribution < -0.4 is 5.32 Å². The Kier molecular flexibility index (Phi) is 5.96. The number of aromatic nitrogens is 4. The van der Waals surface area contributed by atoms with Crippen molar-refractivity contribution in [3.05, 3.63) is 28.6 Å². The van der Waals surface area contributed by atoms with Crippen molar-refractivity contribution in [3.63, 3.8) is 0 Å². The molecule has 6 nitrogen and oxygen atoms in total. The van der Waals surface area contributed by atoms with Crippen molar-refractivity contribution in [3.8, 4) is 0 Å². The molecule has 0 unspecified atom stereocenters. The fourth-order valence-corrected chi connectivity index (χ4v) is 2.93. The van der Waals surface area contributed by atoms with Gasteiger partial charge in [-0.3, -0.25) is 4.79 Å². The van der Waals surface area contributed by atoms with E-state index in [0.29, 0.717) is 11.7 Å². The lowest BCUT2D eigenvalue weighted by Gasteiger charge is -2.09. The summed E-state index contributed by atoms with van der Waals surface area (Å²) in [5.74, 6) is 1.95. The highest BCUT2D eigenvalue weighted by Crippen LogP contribution is 2.21. The first-order valence-electron chi connectivity index (χ1n) is 6.98. The van der Waals surface area contributed by atoms with Gasteiger partial charge in [0.15, 0.2) is 5.16 Å². The number of anilines is 1. The predicted octanol–water partition coefficient (Wildman–Crippen LogP) is 3.31. The number of hydrogen-bond donors (Lipinski definition) is 1. The molecule has 0 aliphatic heterocycles. The zero-order valence-corrected chi connectivity index (χ0v) is 15.1. The Labute approximate surface area is 142 Å². The largest absolute Gasteiger partial charge is 0.310 e. The summed E-state index contributed by atoms with van der Waals surface area (Å²) in [4.78, 5) is 16.1. The van der Waals surface area contributed by atoms with E-state index in [1.807, 2.05) is 17.6 Å². The Bertz CT molecular complexity index is 641. The lowest BCUT2D eigenvalue weighted by Crippen LogP contribution is -2.15. The van der Waals surface area contributed by atoms with Crippen LogP contribution in [0.25, 0.3) is 0 Å². The number of pyridine rings is 1. The normalized spacial score (nSPS) is 11.0. The van der Waals surface area contributed by atoms with E-state index in [9.17, 15) is 4.79 Å². The molecule has 0 aromatic carbocycles. The van der Waals surface area contributed by atoms with Crippen molar-refractivity contribution in [2.45, 2.75) is 38.4 Å². The number of carbonyl (C=O) groups is 1. The molecule has 0 spiro atoms. The Morgan fingerprint density at radius 3 is 2.77 bits per heavy atom. The van der Waals surface area contributed by atoms with Gasteiger partial charge in [-0.1, -0.05) is 25.6 Å². The third-order valence-electron chi connectivity index (χ3n) is 2.91. The molecule has 0 saturated carbocycles. The van der Waals surface area contributed by atoms with Crippen molar-refractivity contribution in [1.29, 1.82) is 0 Å². The summed E-state index contributed by atoms with van der Waals surface area (Å²) >= 11 is 4.69. The lowest BCUT2D eigenvalue weighted by atomic mass is 10.2. The fourth-order valence-electron chi connectivity index (χ4n) is 1.89. The monoisotopic (exact) mass is 383 g/mol. The summed E-state index contributed by atoms with van der Waals surface area (Å²) in [6.45, 7) is 7.00. The van der Waals surface area contributed by atoms with E-state index in [1.54, 1.807) is 12.3 Å². The number of carbonyl (C=O) groups excluding carboxylic acids is 1. The number of amides is 1. The van der Waals surface area contributed by atoms with Crippen LogP contribution in [-0.2, 0) is 11.3 Å². The van der Waals surface area contributed by atoms with Crippen molar-refractivity contribution in [2.24, 2.45) is 0 Å². The maximum absolute atomic E-state index is 12.0. The van der Waals surface area contributed by atoms with Crippen LogP contribution in [0.1, 0.15) is 32.5 Å². The average molecular weight is 384 g/mol. The van der Waals surface area contributed by atoms with E-state index in [1.165, 1.54) is 11.8 Å². The second kappa shape index (κ2) is 7.73. The zero-order chi connectivity index (χ0) is 16.1. The third-order valence-corrected chi connectivity index (χ3v) is 4.34. The van der Waals surface area contributed by atoms with Gasteiger partial charge >= 0.3 is 0 Å². The molecule has 2 heterocycles. The van der Waals surface area contributed by atoms with E-state index in [2.05, 4.69) is 50.3 Å². The minimum Gasteiger partial charge on any atom is -0.310 e. The molecule has 2 rings (SSSR count). The van der Waals surface area contributed by atoms with Gasteiger partial charge in [0.1, 0.15) is 11.6 Å². The van der Waals surface area contributed by atoms with Gasteiger partial charge in [-0.2, -0.15) is 0 Å². The summed E-state index contributed by atoms with van der Waals surface area (Å²) in [5, 5.41) is 11.9. The van der Waals surface area contributed by atoms with Gasteiger partial charge in [0.2, 0.25) is 5.91 Å². The topological polar surface area (TPSA) is 72.7 Å². The Hall–Kier alpha value is -1.41. The second-order valence-electron chi connectivity index (χ2n) is 4.94. The minimum absolute atomic E-state index is 0.114. The predicted molar refractivity (Wildman–Crippen MR) is 91.1 cm³/mol. The van der Waals surface area contributed by atoms with E-state index in [-0.39, 0.29) is 11.7 Å². The van der Waals surface area contributed by atoms with E-state index in [0.717, 1.165) is 22.0 Å². The van der Waals surface area contributed by atoms with Crippen LogP contribution in [0.5, 0.6) is 0 Å². The summed E-state index contributed by atoms with van der Waals surface area (Å²) < 4.78 is 2.91. The number of hydrogen-bond acceptors (Lipinski definition) is 5. The SMILES string of the molecule is CCn1c(SCC(=O)Nc2ccc(Br)cn2)nnc1C(C)C. The third kappa shape index (κ3) is 4.30. The molecular formula is C14H18BrN5OS. The first kappa shape index (κ1) is 17.0. The van der Waals surface area contributed by atoms with Crippen LogP contribution in [0.2, 0.25) is 0 Å². The number of nitrogens with one attached hydrogen (secondary N) is 1. The molecule has 0 radical (unpaired) electrons. The number of thioether (sulfide) groups is 1. The molecule has 0 fully saturated rings.